The summed E-state index contributed by atoms with van der Waals surface area (Å²) in [5.41, 5.74) is 2.70. The van der Waals surface area contributed by atoms with E-state index in [1.807, 2.05) is 55.3 Å². The molecule has 0 spiro atoms. The third kappa shape index (κ3) is 4.75. The van der Waals surface area contributed by atoms with Gasteiger partial charge < -0.3 is 10.2 Å². The fourth-order valence-electron chi connectivity index (χ4n) is 3.32. The van der Waals surface area contributed by atoms with Crippen LogP contribution in [0.1, 0.15) is 59.2 Å². The number of hydrogen-bond acceptors (Lipinski definition) is 4. The zero-order chi connectivity index (χ0) is 19.4. The van der Waals surface area contributed by atoms with Gasteiger partial charge in [-0.15, -0.1) is 11.3 Å². The molecule has 1 aromatic carbocycles. The molecule has 2 heterocycles. The maximum atomic E-state index is 12.9. The highest BCUT2D eigenvalue weighted by molar-refractivity contribution is 7.09. The molecule has 0 radical (unpaired) electrons. The summed E-state index contributed by atoms with van der Waals surface area (Å²) in [5.74, 6) is 0.393. The van der Waals surface area contributed by atoms with Gasteiger partial charge in [0.15, 0.2) is 0 Å². The number of carbonyl (C=O) groups is 2. The zero-order valence-corrected chi connectivity index (χ0v) is 17.0. The van der Waals surface area contributed by atoms with Crippen LogP contribution in [0.15, 0.2) is 29.6 Å². The van der Waals surface area contributed by atoms with Gasteiger partial charge in [0.05, 0.1) is 17.2 Å². The van der Waals surface area contributed by atoms with Crippen LogP contribution in [-0.2, 0) is 11.3 Å². The highest BCUT2D eigenvalue weighted by Crippen LogP contribution is 2.30. The van der Waals surface area contributed by atoms with Crippen molar-refractivity contribution in [2.45, 2.75) is 46.1 Å². The van der Waals surface area contributed by atoms with E-state index in [1.54, 1.807) is 11.3 Å². The molecule has 2 amide bonds. The highest BCUT2D eigenvalue weighted by Gasteiger charge is 2.27. The quantitative estimate of drug-likeness (QED) is 0.853. The molecule has 0 aliphatic carbocycles. The molecule has 1 saturated heterocycles. The Hall–Kier alpha value is -2.21. The summed E-state index contributed by atoms with van der Waals surface area (Å²) in [7, 11) is 0. The number of benzene rings is 1. The Kier molecular flexibility index (Phi) is 6.26. The number of likely N-dealkylation sites (tertiary alicyclic amines) is 1. The Bertz CT molecular complexity index is 815. The molecule has 6 heteroatoms. The number of hydrogen-bond donors (Lipinski definition) is 1. The van der Waals surface area contributed by atoms with Crippen molar-refractivity contribution in [3.8, 4) is 0 Å². The van der Waals surface area contributed by atoms with Crippen LogP contribution in [0.3, 0.4) is 0 Å². The topological polar surface area (TPSA) is 62.3 Å². The van der Waals surface area contributed by atoms with Crippen molar-refractivity contribution < 1.29 is 9.59 Å². The van der Waals surface area contributed by atoms with E-state index in [0.29, 0.717) is 13.1 Å². The number of carbonyl (C=O) groups excluding carboxylic acids is 2. The van der Waals surface area contributed by atoms with Gasteiger partial charge in [-0.05, 0) is 31.4 Å². The van der Waals surface area contributed by atoms with Gasteiger partial charge in [-0.3, -0.25) is 9.59 Å². The molecule has 1 atom stereocenters. The van der Waals surface area contributed by atoms with E-state index in [4.69, 9.17) is 4.98 Å². The van der Waals surface area contributed by atoms with Crippen molar-refractivity contribution in [3.05, 3.63) is 51.5 Å². The molecule has 5 nitrogen and oxygen atoms in total. The van der Waals surface area contributed by atoms with Crippen LogP contribution in [-0.4, -0.2) is 34.8 Å². The van der Waals surface area contributed by atoms with Crippen LogP contribution >= 0.6 is 11.3 Å². The summed E-state index contributed by atoms with van der Waals surface area (Å²) < 4.78 is 0. The first-order valence-electron chi connectivity index (χ1n) is 9.52. The number of aromatic nitrogens is 1. The molecule has 1 N–H and O–H groups in total. The molecular weight excluding hydrogens is 358 g/mol. The molecule has 2 aromatic rings. The van der Waals surface area contributed by atoms with Crippen molar-refractivity contribution >= 4 is 23.2 Å². The predicted octanol–water partition coefficient (Wildman–Crippen LogP) is 3.74. The SMILES string of the molecule is Cc1ccccc1C(=O)N1CCCC(c2nc(CNC(=O)C(C)C)cs2)C1. The second-order valence-corrected chi connectivity index (χ2v) is 8.34. The van der Waals surface area contributed by atoms with Gasteiger partial charge >= 0.3 is 0 Å². The largest absolute Gasteiger partial charge is 0.350 e. The Morgan fingerprint density at radius 2 is 2.11 bits per heavy atom. The lowest BCUT2D eigenvalue weighted by Gasteiger charge is -2.32. The maximum Gasteiger partial charge on any atom is 0.254 e. The molecule has 0 bridgehead atoms. The van der Waals surface area contributed by atoms with Crippen LogP contribution in [0.5, 0.6) is 0 Å². The first-order valence-corrected chi connectivity index (χ1v) is 10.4. The number of aryl methyl sites for hydroxylation is 1. The Morgan fingerprint density at radius 1 is 1.33 bits per heavy atom. The van der Waals surface area contributed by atoms with Gasteiger partial charge in [0.25, 0.3) is 5.91 Å². The second kappa shape index (κ2) is 8.65. The van der Waals surface area contributed by atoms with Crippen LogP contribution in [0.25, 0.3) is 0 Å². The zero-order valence-electron chi connectivity index (χ0n) is 16.2. The van der Waals surface area contributed by atoms with E-state index in [2.05, 4.69) is 5.32 Å². The molecular formula is C21H27N3O2S. The lowest BCUT2D eigenvalue weighted by atomic mass is 9.97. The van der Waals surface area contributed by atoms with Crippen molar-refractivity contribution in [2.75, 3.05) is 13.1 Å². The number of thiazole rings is 1. The van der Waals surface area contributed by atoms with Gasteiger partial charge in [-0.2, -0.15) is 0 Å². The maximum absolute atomic E-state index is 12.9. The first-order chi connectivity index (χ1) is 13.0. The van der Waals surface area contributed by atoms with E-state index in [0.717, 1.165) is 41.2 Å². The van der Waals surface area contributed by atoms with Crippen LogP contribution < -0.4 is 5.32 Å². The summed E-state index contributed by atoms with van der Waals surface area (Å²) in [6, 6.07) is 7.76. The van der Waals surface area contributed by atoms with Crippen molar-refractivity contribution in [2.24, 2.45) is 5.92 Å². The Labute approximate surface area is 164 Å². The van der Waals surface area contributed by atoms with E-state index in [9.17, 15) is 9.59 Å². The number of nitrogens with one attached hydrogen (secondary N) is 1. The Morgan fingerprint density at radius 3 is 2.85 bits per heavy atom. The number of rotatable bonds is 5. The molecule has 27 heavy (non-hydrogen) atoms. The van der Waals surface area contributed by atoms with Crippen LogP contribution in [0, 0.1) is 12.8 Å². The van der Waals surface area contributed by atoms with E-state index >= 15 is 0 Å². The van der Waals surface area contributed by atoms with E-state index in [-0.39, 0.29) is 23.7 Å². The molecule has 1 aromatic heterocycles. The van der Waals surface area contributed by atoms with Gasteiger partial charge in [0.2, 0.25) is 5.91 Å². The standard InChI is InChI=1S/C21H27N3O2S/c1-14(2)19(25)22-11-17-13-27-20(23-17)16-8-6-10-24(12-16)21(26)18-9-5-4-7-15(18)3/h4-5,7,9,13-14,16H,6,8,10-12H2,1-3H3,(H,22,25). The summed E-state index contributed by atoms with van der Waals surface area (Å²) in [6.45, 7) is 7.71. The summed E-state index contributed by atoms with van der Waals surface area (Å²) >= 11 is 1.63. The Balaban J connectivity index is 1.64. The normalized spacial score (nSPS) is 17.2. The molecule has 0 saturated carbocycles. The summed E-state index contributed by atoms with van der Waals surface area (Å²) in [4.78, 5) is 31.3. The molecule has 1 fully saturated rings. The summed E-state index contributed by atoms with van der Waals surface area (Å²) in [6.07, 6.45) is 2.03. The minimum Gasteiger partial charge on any atom is -0.350 e. The van der Waals surface area contributed by atoms with Gasteiger partial charge in [-0.25, -0.2) is 4.98 Å². The van der Waals surface area contributed by atoms with Crippen molar-refractivity contribution in [3.63, 3.8) is 0 Å². The summed E-state index contributed by atoms with van der Waals surface area (Å²) in [5, 5.41) is 5.98. The van der Waals surface area contributed by atoms with E-state index < -0.39 is 0 Å². The van der Waals surface area contributed by atoms with Crippen molar-refractivity contribution in [1.82, 2.24) is 15.2 Å². The monoisotopic (exact) mass is 385 g/mol. The average molecular weight is 386 g/mol. The average Bonchev–Trinajstić information content (AvgIpc) is 3.15. The number of piperidine rings is 1. The van der Waals surface area contributed by atoms with Gasteiger partial charge in [-0.1, -0.05) is 32.0 Å². The molecule has 144 valence electrons. The fraction of sp³-hybridized carbons (Fsp3) is 0.476. The number of nitrogens with zero attached hydrogens (tertiary/aromatic N) is 2. The van der Waals surface area contributed by atoms with E-state index in [1.165, 1.54) is 0 Å². The minimum atomic E-state index is -0.0255. The molecule has 1 aliphatic heterocycles. The van der Waals surface area contributed by atoms with Crippen LogP contribution in [0.4, 0.5) is 0 Å². The smallest absolute Gasteiger partial charge is 0.254 e. The second-order valence-electron chi connectivity index (χ2n) is 7.45. The molecule has 1 unspecified atom stereocenters. The molecule has 3 rings (SSSR count). The highest BCUT2D eigenvalue weighted by atomic mass is 32.1. The predicted molar refractivity (Wildman–Crippen MR) is 108 cm³/mol. The minimum absolute atomic E-state index is 0.0255. The van der Waals surface area contributed by atoms with Gasteiger partial charge in [0.1, 0.15) is 0 Å². The van der Waals surface area contributed by atoms with Crippen LogP contribution in [0.2, 0.25) is 0 Å². The van der Waals surface area contributed by atoms with Gasteiger partial charge in [0, 0.05) is 35.9 Å². The third-order valence-electron chi connectivity index (χ3n) is 4.97. The lowest BCUT2D eigenvalue weighted by molar-refractivity contribution is -0.124. The fourth-order valence-corrected chi connectivity index (χ4v) is 4.27. The third-order valence-corrected chi connectivity index (χ3v) is 6.03. The van der Waals surface area contributed by atoms with Crippen molar-refractivity contribution in [1.29, 1.82) is 0 Å². The molecule has 1 aliphatic rings. The number of amides is 2. The lowest BCUT2D eigenvalue weighted by Crippen LogP contribution is -2.39. The first kappa shape index (κ1) is 19.5.